The molecule has 2 aromatic carbocycles. The number of nitrogens with one attached hydrogen (secondary N) is 1. The van der Waals surface area contributed by atoms with Crippen LogP contribution in [0.1, 0.15) is 48.8 Å². The molecular weight excluding hydrogens is 424 g/mol. The third-order valence-corrected chi connectivity index (χ3v) is 6.33. The fraction of sp³-hybridized carbons (Fsp3) is 0.417. The fourth-order valence-electron chi connectivity index (χ4n) is 4.60. The van der Waals surface area contributed by atoms with E-state index in [9.17, 15) is 19.7 Å². The first kappa shape index (κ1) is 22.6. The number of hydrogen-bond donors (Lipinski definition) is 1. The summed E-state index contributed by atoms with van der Waals surface area (Å²) in [5, 5.41) is 14.3. The molecule has 2 atom stereocenters. The first-order valence-electron chi connectivity index (χ1n) is 11.3. The van der Waals surface area contributed by atoms with Gasteiger partial charge in [0.15, 0.2) is 0 Å². The molecule has 0 spiro atoms. The van der Waals surface area contributed by atoms with Crippen LogP contribution >= 0.6 is 0 Å². The summed E-state index contributed by atoms with van der Waals surface area (Å²) in [7, 11) is 0. The van der Waals surface area contributed by atoms with Gasteiger partial charge in [0.25, 0.3) is 11.6 Å². The molecule has 2 heterocycles. The third-order valence-electron chi connectivity index (χ3n) is 6.33. The van der Waals surface area contributed by atoms with Gasteiger partial charge in [-0.3, -0.25) is 19.7 Å². The highest BCUT2D eigenvalue weighted by atomic mass is 16.6. The Bertz CT molecular complexity index is 1070. The van der Waals surface area contributed by atoms with Gasteiger partial charge in [0.05, 0.1) is 16.4 Å². The summed E-state index contributed by atoms with van der Waals surface area (Å²) in [4.78, 5) is 40.6. The number of non-ortho nitro benzene ring substituents is 1. The number of anilines is 1. The maximum atomic E-state index is 13.0. The minimum Gasteiger partial charge on any atom is -0.465 e. The molecule has 0 saturated carbocycles. The van der Waals surface area contributed by atoms with E-state index in [1.807, 2.05) is 18.7 Å². The molecule has 0 radical (unpaired) electrons. The zero-order chi connectivity index (χ0) is 23.5. The number of nitro benzene ring substituents is 1. The van der Waals surface area contributed by atoms with Crippen molar-refractivity contribution in [2.75, 3.05) is 31.1 Å². The molecule has 0 aliphatic carbocycles. The van der Waals surface area contributed by atoms with Crippen molar-refractivity contribution < 1.29 is 19.2 Å². The molecule has 2 unspecified atom stereocenters. The number of fused-ring (bicyclic) bond motifs is 1. The van der Waals surface area contributed by atoms with Crippen molar-refractivity contribution in [3.8, 4) is 5.75 Å². The van der Waals surface area contributed by atoms with Gasteiger partial charge in [0.2, 0.25) is 12.1 Å². The van der Waals surface area contributed by atoms with Crippen molar-refractivity contribution in [3.05, 3.63) is 63.7 Å². The number of rotatable bonds is 6. The Balaban J connectivity index is 1.67. The molecule has 0 aromatic heterocycles. The third kappa shape index (κ3) is 4.48. The van der Waals surface area contributed by atoms with Gasteiger partial charge in [-0.25, -0.2) is 0 Å². The predicted molar refractivity (Wildman–Crippen MR) is 123 cm³/mol. The number of ether oxygens (including phenoxy) is 1. The zero-order valence-corrected chi connectivity index (χ0v) is 18.8. The van der Waals surface area contributed by atoms with Gasteiger partial charge in [0.1, 0.15) is 5.75 Å². The SMILES string of the molecule is CCN(CC)C(=O)C1CCCN(c2ccc([N+](=O)[O-])cc2C2NC(=O)c3ccccc3O2)C1. The Morgan fingerprint density at radius 3 is 2.73 bits per heavy atom. The highest BCUT2D eigenvalue weighted by molar-refractivity contribution is 5.98. The van der Waals surface area contributed by atoms with Gasteiger partial charge in [0, 0.05) is 49.6 Å². The fourth-order valence-corrected chi connectivity index (χ4v) is 4.60. The van der Waals surface area contributed by atoms with E-state index >= 15 is 0 Å². The van der Waals surface area contributed by atoms with E-state index in [1.165, 1.54) is 12.1 Å². The van der Waals surface area contributed by atoms with Gasteiger partial charge < -0.3 is 19.9 Å². The molecule has 4 rings (SSSR count). The number of hydrogen-bond acceptors (Lipinski definition) is 6. The Labute approximate surface area is 192 Å². The second-order valence-electron chi connectivity index (χ2n) is 8.26. The standard InChI is InChI=1S/C24H28N4O5/c1-3-26(4-2)24(30)16-8-7-13-27(15-16)20-12-11-17(28(31)32)14-19(20)23-25-22(29)18-9-5-6-10-21(18)33-23/h5-6,9-12,14,16,23H,3-4,7-8,13,15H2,1-2H3,(H,25,29). The maximum Gasteiger partial charge on any atom is 0.270 e. The number of benzene rings is 2. The Hall–Kier alpha value is -3.62. The van der Waals surface area contributed by atoms with Gasteiger partial charge >= 0.3 is 0 Å². The van der Waals surface area contributed by atoms with Crippen LogP contribution in [0.4, 0.5) is 11.4 Å². The highest BCUT2D eigenvalue weighted by Crippen LogP contribution is 2.37. The average molecular weight is 453 g/mol. The van der Waals surface area contributed by atoms with E-state index in [2.05, 4.69) is 10.2 Å². The lowest BCUT2D eigenvalue weighted by atomic mass is 9.95. The Morgan fingerprint density at radius 2 is 2.00 bits per heavy atom. The number of para-hydroxylation sites is 1. The van der Waals surface area contributed by atoms with Crippen LogP contribution in [0.25, 0.3) is 0 Å². The molecule has 2 aliphatic rings. The minimum atomic E-state index is -0.874. The van der Waals surface area contributed by atoms with Crippen molar-refractivity contribution in [2.45, 2.75) is 32.9 Å². The van der Waals surface area contributed by atoms with Crippen LogP contribution in [0, 0.1) is 16.0 Å². The predicted octanol–water partition coefficient (Wildman–Crippen LogP) is 3.50. The van der Waals surface area contributed by atoms with Gasteiger partial charge in [-0.05, 0) is 44.9 Å². The van der Waals surface area contributed by atoms with E-state index in [0.29, 0.717) is 43.1 Å². The molecule has 1 fully saturated rings. The number of nitrogens with zero attached hydrogens (tertiary/aromatic N) is 3. The van der Waals surface area contributed by atoms with E-state index < -0.39 is 11.2 Å². The lowest BCUT2D eigenvalue weighted by molar-refractivity contribution is -0.385. The monoisotopic (exact) mass is 452 g/mol. The summed E-state index contributed by atoms with van der Waals surface area (Å²) < 4.78 is 6.05. The molecule has 33 heavy (non-hydrogen) atoms. The van der Waals surface area contributed by atoms with Crippen LogP contribution in [0.5, 0.6) is 5.75 Å². The van der Waals surface area contributed by atoms with E-state index in [0.717, 1.165) is 18.5 Å². The van der Waals surface area contributed by atoms with Crippen LogP contribution in [0.3, 0.4) is 0 Å². The average Bonchev–Trinajstić information content (AvgIpc) is 2.84. The van der Waals surface area contributed by atoms with Crippen molar-refractivity contribution >= 4 is 23.2 Å². The topological polar surface area (TPSA) is 105 Å². The molecule has 1 N–H and O–H groups in total. The van der Waals surface area contributed by atoms with Gasteiger partial charge in [-0.1, -0.05) is 12.1 Å². The Morgan fingerprint density at radius 1 is 1.24 bits per heavy atom. The van der Waals surface area contributed by atoms with Crippen LogP contribution in [-0.4, -0.2) is 47.8 Å². The number of carbonyl (C=O) groups is 2. The van der Waals surface area contributed by atoms with Crippen molar-refractivity contribution in [3.63, 3.8) is 0 Å². The number of amides is 2. The zero-order valence-electron chi connectivity index (χ0n) is 18.8. The first-order valence-corrected chi connectivity index (χ1v) is 11.3. The number of piperidine rings is 1. The van der Waals surface area contributed by atoms with Crippen LogP contribution in [-0.2, 0) is 4.79 Å². The van der Waals surface area contributed by atoms with Crippen molar-refractivity contribution in [1.82, 2.24) is 10.2 Å². The lowest BCUT2D eigenvalue weighted by Gasteiger charge is -2.38. The second kappa shape index (κ2) is 9.48. The first-order chi connectivity index (χ1) is 15.9. The smallest absolute Gasteiger partial charge is 0.270 e. The summed E-state index contributed by atoms with van der Waals surface area (Å²) in [6, 6.07) is 11.5. The van der Waals surface area contributed by atoms with E-state index in [1.54, 1.807) is 30.3 Å². The number of nitro groups is 1. The normalized spacial score (nSPS) is 19.8. The summed E-state index contributed by atoms with van der Waals surface area (Å²) >= 11 is 0. The molecule has 9 heteroatoms. The van der Waals surface area contributed by atoms with Crippen LogP contribution in [0.15, 0.2) is 42.5 Å². The van der Waals surface area contributed by atoms with E-state index in [-0.39, 0.29) is 23.4 Å². The second-order valence-corrected chi connectivity index (χ2v) is 8.26. The molecular formula is C24H28N4O5. The molecule has 1 saturated heterocycles. The molecule has 2 aromatic rings. The molecule has 2 aliphatic heterocycles. The molecule has 2 amide bonds. The summed E-state index contributed by atoms with van der Waals surface area (Å²) in [5.41, 5.74) is 1.56. The molecule has 0 bridgehead atoms. The lowest BCUT2D eigenvalue weighted by Crippen LogP contribution is -2.45. The van der Waals surface area contributed by atoms with Crippen molar-refractivity contribution in [1.29, 1.82) is 0 Å². The number of carbonyl (C=O) groups excluding carboxylic acids is 2. The van der Waals surface area contributed by atoms with Gasteiger partial charge in [-0.15, -0.1) is 0 Å². The molecule has 9 nitrogen and oxygen atoms in total. The van der Waals surface area contributed by atoms with Crippen molar-refractivity contribution in [2.24, 2.45) is 5.92 Å². The summed E-state index contributed by atoms with van der Waals surface area (Å²) in [5.74, 6) is 0.109. The van der Waals surface area contributed by atoms with Crippen LogP contribution in [0.2, 0.25) is 0 Å². The van der Waals surface area contributed by atoms with Crippen LogP contribution < -0.4 is 15.0 Å². The summed E-state index contributed by atoms with van der Waals surface area (Å²) in [6.07, 6.45) is 0.758. The largest absolute Gasteiger partial charge is 0.465 e. The molecule has 174 valence electrons. The maximum absolute atomic E-state index is 13.0. The minimum absolute atomic E-state index is 0.0850. The van der Waals surface area contributed by atoms with Gasteiger partial charge in [-0.2, -0.15) is 0 Å². The quantitative estimate of drug-likeness (QED) is 0.531. The summed E-state index contributed by atoms with van der Waals surface area (Å²) in [6.45, 7) is 6.49. The Kier molecular flexibility index (Phi) is 6.48. The highest BCUT2D eigenvalue weighted by Gasteiger charge is 2.33. The van der Waals surface area contributed by atoms with E-state index in [4.69, 9.17) is 4.74 Å².